The van der Waals surface area contributed by atoms with Gasteiger partial charge in [0.1, 0.15) is 0 Å². The fourth-order valence-electron chi connectivity index (χ4n) is 0.532. The molecule has 10 heteroatoms. The van der Waals surface area contributed by atoms with Gasteiger partial charge in [0.05, 0.1) is 38.3 Å². The molecule has 0 aromatic rings. The van der Waals surface area contributed by atoms with Crippen molar-refractivity contribution in [3.63, 3.8) is 0 Å². The molecule has 9 nitrogen and oxygen atoms in total. The quantitative estimate of drug-likeness (QED) is 0.256. The Morgan fingerprint density at radius 2 is 1.06 bits per heavy atom. The molecule has 0 aromatic carbocycles. The van der Waals surface area contributed by atoms with Crippen LogP contribution in [0.3, 0.4) is 0 Å². The van der Waals surface area contributed by atoms with Crippen molar-refractivity contribution in [2.45, 2.75) is 25.0 Å². The number of aliphatic hydroxyl groups is 4. The standard InChI is InChI=1S/2C4H8O4.Ge.H3N/c2*5-2-3(6)1-4(7)8;;/h2*3,5-6H,1-2H2,(H,7,8);;1H3. The molecule has 4 radical (unpaired) electrons. The molecule has 0 aliphatic carbocycles. The van der Waals surface area contributed by atoms with Gasteiger partial charge >= 0.3 is 11.9 Å². The first-order valence-electron chi connectivity index (χ1n) is 4.34. The topological polar surface area (TPSA) is 191 Å². The number of carboxylic acids is 2. The molecule has 0 saturated carbocycles. The molecule has 0 rings (SSSR count). The van der Waals surface area contributed by atoms with Gasteiger partial charge in [-0.25, -0.2) is 0 Å². The molecule has 0 amide bonds. The molecule has 0 saturated heterocycles. The van der Waals surface area contributed by atoms with E-state index in [9.17, 15) is 9.59 Å². The van der Waals surface area contributed by atoms with Crippen LogP contribution in [-0.4, -0.2) is 85.6 Å². The maximum absolute atomic E-state index is 9.70. The predicted molar refractivity (Wildman–Crippen MR) is 61.5 cm³/mol. The monoisotopic (exact) mass is 331 g/mol. The minimum atomic E-state index is -1.12. The summed E-state index contributed by atoms with van der Waals surface area (Å²) in [5.74, 6) is -2.21. The molecular formula is C8H19GeNO8. The third kappa shape index (κ3) is 24.5. The van der Waals surface area contributed by atoms with Gasteiger partial charge in [0.25, 0.3) is 0 Å². The maximum Gasteiger partial charge on any atom is 0.306 e. The van der Waals surface area contributed by atoms with Crippen molar-refractivity contribution in [2.24, 2.45) is 0 Å². The van der Waals surface area contributed by atoms with E-state index in [-0.39, 0.29) is 23.7 Å². The first-order chi connectivity index (χ1) is 7.33. The average molecular weight is 330 g/mol. The first kappa shape index (κ1) is 26.0. The van der Waals surface area contributed by atoms with Gasteiger partial charge in [-0.15, -0.1) is 0 Å². The van der Waals surface area contributed by atoms with Crippen LogP contribution in [0.4, 0.5) is 0 Å². The second-order valence-corrected chi connectivity index (χ2v) is 2.87. The Morgan fingerprint density at radius 3 is 1.11 bits per heavy atom. The van der Waals surface area contributed by atoms with E-state index in [1.165, 1.54) is 0 Å². The molecule has 9 N–H and O–H groups in total. The Morgan fingerprint density at radius 1 is 0.833 bits per heavy atom. The van der Waals surface area contributed by atoms with Crippen molar-refractivity contribution in [1.82, 2.24) is 6.15 Å². The summed E-state index contributed by atoms with van der Waals surface area (Å²) in [6.07, 6.45) is -3.02. The van der Waals surface area contributed by atoms with Gasteiger partial charge in [0, 0.05) is 17.6 Å². The summed E-state index contributed by atoms with van der Waals surface area (Å²) >= 11 is 0. The summed E-state index contributed by atoms with van der Waals surface area (Å²) in [6.45, 7) is -0.987. The van der Waals surface area contributed by atoms with Crippen LogP contribution >= 0.6 is 0 Å². The van der Waals surface area contributed by atoms with Crippen LogP contribution in [0, 0.1) is 0 Å². The van der Waals surface area contributed by atoms with Crippen LogP contribution in [0.1, 0.15) is 12.8 Å². The summed E-state index contributed by atoms with van der Waals surface area (Å²) in [6, 6.07) is 0. The Hall–Kier alpha value is -0.717. The van der Waals surface area contributed by atoms with Gasteiger partial charge in [-0.3, -0.25) is 9.59 Å². The second kappa shape index (κ2) is 16.3. The van der Waals surface area contributed by atoms with E-state index >= 15 is 0 Å². The molecule has 108 valence electrons. The summed E-state index contributed by atoms with van der Waals surface area (Å²) in [5, 5.41) is 48.8. The van der Waals surface area contributed by atoms with E-state index < -0.39 is 50.2 Å². The Bertz CT molecular complexity index is 193. The van der Waals surface area contributed by atoms with Crippen LogP contribution in [0.2, 0.25) is 0 Å². The number of hydrogen-bond acceptors (Lipinski definition) is 7. The molecule has 0 fully saturated rings. The van der Waals surface area contributed by atoms with Crippen molar-refractivity contribution >= 4 is 29.5 Å². The fraction of sp³-hybridized carbons (Fsp3) is 0.750. The summed E-state index contributed by atoms with van der Waals surface area (Å²) in [5.41, 5.74) is 0. The number of aliphatic hydroxyl groups excluding tert-OH is 4. The number of carbonyl (C=O) groups is 2. The third-order valence-electron chi connectivity index (χ3n) is 1.24. The van der Waals surface area contributed by atoms with Gasteiger partial charge in [0.15, 0.2) is 0 Å². The zero-order valence-electron chi connectivity index (χ0n) is 9.69. The van der Waals surface area contributed by atoms with E-state index in [1.54, 1.807) is 0 Å². The minimum absolute atomic E-state index is 0. The Labute approximate surface area is 115 Å². The van der Waals surface area contributed by atoms with E-state index in [0.29, 0.717) is 0 Å². The van der Waals surface area contributed by atoms with Gasteiger partial charge in [0.2, 0.25) is 0 Å². The van der Waals surface area contributed by atoms with Gasteiger partial charge < -0.3 is 36.8 Å². The molecule has 2 unspecified atom stereocenters. The maximum atomic E-state index is 9.70. The van der Waals surface area contributed by atoms with Crippen LogP contribution in [0.15, 0.2) is 0 Å². The zero-order chi connectivity index (χ0) is 13.1. The van der Waals surface area contributed by atoms with Gasteiger partial charge in [-0.05, 0) is 0 Å². The molecular weight excluding hydrogens is 311 g/mol. The van der Waals surface area contributed by atoms with E-state index in [4.69, 9.17) is 30.6 Å². The second-order valence-electron chi connectivity index (χ2n) is 2.87. The Kier molecular flexibility index (Phi) is 23.5. The van der Waals surface area contributed by atoms with Crippen molar-refractivity contribution in [1.29, 1.82) is 0 Å². The van der Waals surface area contributed by atoms with E-state index in [0.717, 1.165) is 0 Å². The predicted octanol–water partition coefficient (Wildman–Crippen LogP) is -2.59. The van der Waals surface area contributed by atoms with Crippen LogP contribution < -0.4 is 6.15 Å². The Balaban J connectivity index is -0.0000000980. The van der Waals surface area contributed by atoms with Crippen molar-refractivity contribution < 1.29 is 40.2 Å². The minimum Gasteiger partial charge on any atom is -0.481 e. The third-order valence-corrected chi connectivity index (χ3v) is 1.24. The van der Waals surface area contributed by atoms with Crippen molar-refractivity contribution in [2.75, 3.05) is 13.2 Å². The molecule has 0 aliphatic rings. The largest absolute Gasteiger partial charge is 0.481 e. The van der Waals surface area contributed by atoms with Crippen molar-refractivity contribution in [3.05, 3.63) is 0 Å². The molecule has 0 bridgehead atoms. The normalized spacial score (nSPS) is 11.8. The molecule has 18 heavy (non-hydrogen) atoms. The molecule has 0 aromatic heterocycles. The molecule has 0 spiro atoms. The van der Waals surface area contributed by atoms with Gasteiger partial charge in [-0.2, -0.15) is 0 Å². The van der Waals surface area contributed by atoms with Crippen LogP contribution in [0.5, 0.6) is 0 Å². The number of carboxylic acid groups (broad SMARTS) is 2. The molecule has 0 aliphatic heterocycles. The van der Waals surface area contributed by atoms with E-state index in [2.05, 4.69) is 0 Å². The summed E-state index contributed by atoms with van der Waals surface area (Å²) in [7, 11) is 0. The van der Waals surface area contributed by atoms with Gasteiger partial charge in [-0.1, -0.05) is 0 Å². The molecule has 2 atom stereocenters. The van der Waals surface area contributed by atoms with Crippen molar-refractivity contribution in [3.8, 4) is 0 Å². The molecule has 0 heterocycles. The van der Waals surface area contributed by atoms with Crippen LogP contribution in [-0.2, 0) is 9.59 Å². The zero-order valence-corrected chi connectivity index (χ0v) is 11.8. The number of rotatable bonds is 6. The number of aliphatic carboxylic acids is 2. The smallest absolute Gasteiger partial charge is 0.306 e. The number of hydrogen-bond donors (Lipinski definition) is 7. The van der Waals surface area contributed by atoms with E-state index in [1.807, 2.05) is 0 Å². The van der Waals surface area contributed by atoms with Crippen LogP contribution in [0.25, 0.3) is 0 Å². The summed E-state index contributed by atoms with van der Waals surface area (Å²) in [4.78, 5) is 19.4. The average Bonchev–Trinajstić information content (AvgIpc) is 2.16. The first-order valence-corrected chi connectivity index (χ1v) is 4.34. The SMILES string of the molecule is N.O=C(O)CC(O)CO.O=C(O)CC(O)CO.[Ge]. The fourth-order valence-corrected chi connectivity index (χ4v) is 0.532. The summed E-state index contributed by atoms with van der Waals surface area (Å²) < 4.78 is 0.